The standard InChI is InChI=1S/C14H23NO/c1-3-10-15-11-6-9-14(15)12(4-2)7-5-8-13(14)16/h4H,3,5-11H2,1-2H3. The summed E-state index contributed by atoms with van der Waals surface area (Å²) in [5, 5.41) is 0. The van der Waals surface area contributed by atoms with Crippen LogP contribution in [0.2, 0.25) is 0 Å². The molecule has 1 heterocycles. The predicted molar refractivity (Wildman–Crippen MR) is 66.4 cm³/mol. The highest BCUT2D eigenvalue weighted by Gasteiger charge is 2.49. The van der Waals surface area contributed by atoms with Crippen molar-refractivity contribution in [2.75, 3.05) is 13.1 Å². The summed E-state index contributed by atoms with van der Waals surface area (Å²) >= 11 is 0. The molecule has 0 aromatic heterocycles. The van der Waals surface area contributed by atoms with Crippen molar-refractivity contribution in [3.63, 3.8) is 0 Å². The quantitative estimate of drug-likeness (QED) is 0.668. The average Bonchev–Trinajstić information content (AvgIpc) is 2.68. The van der Waals surface area contributed by atoms with Gasteiger partial charge in [-0.2, -0.15) is 0 Å². The van der Waals surface area contributed by atoms with Crippen molar-refractivity contribution in [1.82, 2.24) is 4.90 Å². The molecule has 1 aliphatic heterocycles. The van der Waals surface area contributed by atoms with Gasteiger partial charge in [0.05, 0.1) is 0 Å². The highest BCUT2D eigenvalue weighted by Crippen LogP contribution is 2.42. The maximum absolute atomic E-state index is 12.4. The van der Waals surface area contributed by atoms with Gasteiger partial charge in [0.2, 0.25) is 0 Å². The van der Waals surface area contributed by atoms with Gasteiger partial charge in [-0.25, -0.2) is 0 Å². The molecule has 0 aromatic carbocycles. The van der Waals surface area contributed by atoms with Gasteiger partial charge in [0, 0.05) is 6.42 Å². The van der Waals surface area contributed by atoms with E-state index in [0.717, 1.165) is 45.2 Å². The van der Waals surface area contributed by atoms with Crippen molar-refractivity contribution < 1.29 is 4.79 Å². The van der Waals surface area contributed by atoms with Crippen LogP contribution in [0.3, 0.4) is 0 Å². The first-order valence-electron chi connectivity index (χ1n) is 6.69. The van der Waals surface area contributed by atoms with Gasteiger partial charge < -0.3 is 0 Å². The average molecular weight is 221 g/mol. The van der Waals surface area contributed by atoms with Gasteiger partial charge in [-0.15, -0.1) is 0 Å². The summed E-state index contributed by atoms with van der Waals surface area (Å²) in [6, 6.07) is 0. The SMILES string of the molecule is CC=C1CCCC(=O)C12CCCN2CCC. The molecule has 2 nitrogen and oxygen atoms in total. The molecule has 0 radical (unpaired) electrons. The lowest BCUT2D eigenvalue weighted by molar-refractivity contribution is -0.129. The highest BCUT2D eigenvalue weighted by atomic mass is 16.1. The molecule has 2 rings (SSSR count). The van der Waals surface area contributed by atoms with Crippen molar-refractivity contribution >= 4 is 5.78 Å². The summed E-state index contributed by atoms with van der Waals surface area (Å²) < 4.78 is 0. The fourth-order valence-corrected chi connectivity index (χ4v) is 3.54. The first-order valence-corrected chi connectivity index (χ1v) is 6.69. The van der Waals surface area contributed by atoms with E-state index in [-0.39, 0.29) is 5.54 Å². The van der Waals surface area contributed by atoms with Crippen LogP contribution in [0.25, 0.3) is 0 Å². The van der Waals surface area contributed by atoms with E-state index in [9.17, 15) is 4.79 Å². The molecule has 1 saturated heterocycles. The third-order valence-corrected chi connectivity index (χ3v) is 4.19. The molecule has 1 aliphatic carbocycles. The lowest BCUT2D eigenvalue weighted by Crippen LogP contribution is -2.53. The molecular formula is C14H23NO. The van der Waals surface area contributed by atoms with Crippen LogP contribution < -0.4 is 0 Å². The van der Waals surface area contributed by atoms with Crippen LogP contribution in [-0.4, -0.2) is 29.3 Å². The van der Waals surface area contributed by atoms with Gasteiger partial charge in [-0.3, -0.25) is 9.69 Å². The Balaban J connectivity index is 2.33. The molecule has 90 valence electrons. The second kappa shape index (κ2) is 4.70. The van der Waals surface area contributed by atoms with Crippen LogP contribution in [0.5, 0.6) is 0 Å². The Kier molecular flexibility index (Phi) is 3.48. The molecule has 16 heavy (non-hydrogen) atoms. The van der Waals surface area contributed by atoms with Crippen molar-refractivity contribution in [2.45, 2.75) is 57.9 Å². The Morgan fingerprint density at radius 1 is 1.38 bits per heavy atom. The van der Waals surface area contributed by atoms with Crippen LogP contribution in [0.1, 0.15) is 52.4 Å². The Hall–Kier alpha value is -0.630. The third kappa shape index (κ3) is 1.64. The molecule has 0 aromatic rings. The second-order valence-electron chi connectivity index (χ2n) is 5.04. The van der Waals surface area contributed by atoms with E-state index in [4.69, 9.17) is 0 Å². The lowest BCUT2D eigenvalue weighted by Gasteiger charge is -2.42. The summed E-state index contributed by atoms with van der Waals surface area (Å²) in [7, 11) is 0. The van der Waals surface area contributed by atoms with Crippen LogP contribution in [0.4, 0.5) is 0 Å². The first kappa shape index (κ1) is 11.8. The molecule has 2 aliphatic rings. The molecule has 1 spiro atoms. The summed E-state index contributed by atoms with van der Waals surface area (Å²) in [5.74, 6) is 0.484. The molecule has 0 N–H and O–H groups in total. The number of Topliss-reactive ketones (excluding diaryl/α,β-unsaturated/α-hetero) is 1. The van der Waals surface area contributed by atoms with E-state index in [2.05, 4.69) is 24.8 Å². The molecule has 2 heteroatoms. The van der Waals surface area contributed by atoms with Gasteiger partial charge in [0.15, 0.2) is 5.78 Å². The van der Waals surface area contributed by atoms with Crippen molar-refractivity contribution in [3.8, 4) is 0 Å². The molecule has 1 atom stereocenters. The smallest absolute Gasteiger partial charge is 0.157 e. The Morgan fingerprint density at radius 2 is 2.19 bits per heavy atom. The second-order valence-corrected chi connectivity index (χ2v) is 5.04. The van der Waals surface area contributed by atoms with Crippen LogP contribution in [0.15, 0.2) is 11.6 Å². The van der Waals surface area contributed by atoms with Gasteiger partial charge in [0.25, 0.3) is 0 Å². The maximum atomic E-state index is 12.4. The summed E-state index contributed by atoms with van der Waals surface area (Å²) in [6.07, 6.45) is 8.56. The number of nitrogens with zero attached hydrogens (tertiary/aromatic N) is 1. The molecule has 0 amide bonds. The fraction of sp³-hybridized carbons (Fsp3) is 0.786. The largest absolute Gasteiger partial charge is 0.297 e. The first-order chi connectivity index (χ1) is 7.75. The van der Waals surface area contributed by atoms with Crippen LogP contribution in [0, 0.1) is 0 Å². The Labute approximate surface area is 98.7 Å². The molecular weight excluding hydrogens is 198 g/mol. The van der Waals surface area contributed by atoms with E-state index >= 15 is 0 Å². The Bertz CT molecular complexity index is 308. The minimum Gasteiger partial charge on any atom is -0.297 e. The summed E-state index contributed by atoms with van der Waals surface area (Å²) in [5.41, 5.74) is 1.22. The summed E-state index contributed by atoms with van der Waals surface area (Å²) in [6.45, 7) is 6.48. The molecule has 1 unspecified atom stereocenters. The van der Waals surface area contributed by atoms with E-state index in [1.165, 1.54) is 12.0 Å². The lowest BCUT2D eigenvalue weighted by atomic mass is 9.74. The number of carbonyl (C=O) groups excluding carboxylic acids is 1. The third-order valence-electron chi connectivity index (χ3n) is 4.19. The number of carbonyl (C=O) groups is 1. The van der Waals surface area contributed by atoms with Crippen molar-refractivity contribution in [3.05, 3.63) is 11.6 Å². The fourth-order valence-electron chi connectivity index (χ4n) is 3.54. The van der Waals surface area contributed by atoms with Gasteiger partial charge in [-0.05, 0) is 57.7 Å². The highest BCUT2D eigenvalue weighted by molar-refractivity contribution is 5.93. The van der Waals surface area contributed by atoms with E-state index in [1.807, 2.05) is 0 Å². The van der Waals surface area contributed by atoms with Gasteiger partial charge in [-0.1, -0.05) is 13.0 Å². The number of hydrogen-bond donors (Lipinski definition) is 0. The predicted octanol–water partition coefficient (Wildman–Crippen LogP) is 2.93. The topological polar surface area (TPSA) is 20.3 Å². The Morgan fingerprint density at radius 3 is 2.88 bits per heavy atom. The van der Waals surface area contributed by atoms with E-state index in [0.29, 0.717) is 5.78 Å². The van der Waals surface area contributed by atoms with Gasteiger partial charge in [0.1, 0.15) is 5.54 Å². The maximum Gasteiger partial charge on any atom is 0.157 e. The number of ketones is 1. The molecule has 2 fully saturated rings. The minimum absolute atomic E-state index is 0.178. The molecule has 1 saturated carbocycles. The van der Waals surface area contributed by atoms with Crippen LogP contribution in [-0.2, 0) is 4.79 Å². The monoisotopic (exact) mass is 221 g/mol. The van der Waals surface area contributed by atoms with E-state index < -0.39 is 0 Å². The number of hydrogen-bond acceptors (Lipinski definition) is 2. The zero-order valence-electron chi connectivity index (χ0n) is 10.6. The number of allylic oxidation sites excluding steroid dienone is 1. The minimum atomic E-state index is -0.178. The normalized spacial score (nSPS) is 34.1. The number of likely N-dealkylation sites (tertiary alicyclic amines) is 1. The number of rotatable bonds is 2. The molecule has 0 bridgehead atoms. The van der Waals surface area contributed by atoms with Gasteiger partial charge >= 0.3 is 0 Å². The zero-order chi connectivity index (χ0) is 11.6. The summed E-state index contributed by atoms with van der Waals surface area (Å²) in [4.78, 5) is 14.8. The van der Waals surface area contributed by atoms with E-state index in [1.54, 1.807) is 0 Å². The van der Waals surface area contributed by atoms with Crippen molar-refractivity contribution in [2.24, 2.45) is 0 Å². The zero-order valence-corrected chi connectivity index (χ0v) is 10.6. The van der Waals surface area contributed by atoms with Crippen molar-refractivity contribution in [1.29, 1.82) is 0 Å². The van der Waals surface area contributed by atoms with Crippen LogP contribution >= 0.6 is 0 Å².